The Morgan fingerprint density at radius 1 is 0.846 bits per heavy atom. The monoisotopic (exact) mass is 367 g/mol. The Morgan fingerprint density at radius 2 is 1.42 bits per heavy atom. The first-order chi connectivity index (χ1) is 12.6. The Kier molecular flexibility index (Phi) is 13.3. The van der Waals surface area contributed by atoms with E-state index in [0.29, 0.717) is 6.42 Å². The van der Waals surface area contributed by atoms with Gasteiger partial charge in [0.05, 0.1) is 0 Å². The minimum Gasteiger partial charge on any atom is -0.481 e. The molecule has 0 aromatic rings. The number of rotatable bonds is 15. The quantitative estimate of drug-likeness (QED) is 0.365. The predicted octanol–water partition coefficient (Wildman–Crippen LogP) is 5.69. The molecule has 0 aromatic heterocycles. The van der Waals surface area contributed by atoms with Crippen LogP contribution in [0.3, 0.4) is 0 Å². The molecule has 1 fully saturated rings. The predicted molar refractivity (Wildman–Crippen MR) is 107 cm³/mol. The number of hydrogen-bond donors (Lipinski definition) is 2. The van der Waals surface area contributed by atoms with E-state index in [1.807, 2.05) is 0 Å². The average molecular weight is 368 g/mol. The highest BCUT2D eigenvalue weighted by Crippen LogP contribution is 2.31. The van der Waals surface area contributed by atoms with Gasteiger partial charge in [-0.1, -0.05) is 64.7 Å². The van der Waals surface area contributed by atoms with Gasteiger partial charge < -0.3 is 10.4 Å². The molecule has 152 valence electrons. The van der Waals surface area contributed by atoms with E-state index in [-0.39, 0.29) is 11.8 Å². The van der Waals surface area contributed by atoms with Crippen LogP contribution in [0.25, 0.3) is 0 Å². The third-order valence-corrected chi connectivity index (χ3v) is 5.80. The lowest BCUT2D eigenvalue weighted by atomic mass is 9.79. The third-order valence-electron chi connectivity index (χ3n) is 5.80. The number of unbranched alkanes of at least 4 members (excludes halogenated alkanes) is 8. The van der Waals surface area contributed by atoms with Crippen molar-refractivity contribution in [2.45, 2.75) is 110 Å². The van der Waals surface area contributed by atoms with Gasteiger partial charge in [0, 0.05) is 18.9 Å². The van der Waals surface area contributed by atoms with Crippen LogP contribution in [0.2, 0.25) is 0 Å². The van der Waals surface area contributed by atoms with Crippen molar-refractivity contribution in [3.63, 3.8) is 0 Å². The second-order valence-corrected chi connectivity index (χ2v) is 8.12. The normalized spacial score (nSPS) is 20.0. The smallest absolute Gasteiger partial charge is 0.303 e. The van der Waals surface area contributed by atoms with Gasteiger partial charge in [-0.25, -0.2) is 0 Å². The summed E-state index contributed by atoms with van der Waals surface area (Å²) in [7, 11) is 0. The van der Waals surface area contributed by atoms with Gasteiger partial charge in [-0.2, -0.15) is 0 Å². The standard InChI is InChI=1S/C22H41NO3/c1-2-3-12-19-14-16-20(17-15-19)22(26)23-18-11-9-7-5-4-6-8-10-13-21(24)25/h19-20H,2-18H2,1H3,(H,23,26)(H,24,25). The van der Waals surface area contributed by atoms with Gasteiger partial charge in [-0.05, 0) is 44.4 Å². The Bertz CT molecular complexity index is 376. The molecule has 0 saturated heterocycles. The molecule has 4 heteroatoms. The molecule has 1 amide bonds. The molecule has 26 heavy (non-hydrogen) atoms. The van der Waals surface area contributed by atoms with Gasteiger partial charge in [0.25, 0.3) is 0 Å². The number of carbonyl (C=O) groups is 2. The number of aliphatic carboxylic acids is 1. The van der Waals surface area contributed by atoms with Crippen LogP contribution in [-0.4, -0.2) is 23.5 Å². The first-order valence-electron chi connectivity index (χ1n) is 11.1. The van der Waals surface area contributed by atoms with Crippen LogP contribution in [0.1, 0.15) is 110 Å². The molecule has 0 radical (unpaired) electrons. The van der Waals surface area contributed by atoms with E-state index in [1.54, 1.807) is 0 Å². The molecule has 4 nitrogen and oxygen atoms in total. The number of hydrogen-bond acceptors (Lipinski definition) is 2. The summed E-state index contributed by atoms with van der Waals surface area (Å²) in [6, 6.07) is 0. The summed E-state index contributed by atoms with van der Waals surface area (Å²) in [5, 5.41) is 11.7. The maximum Gasteiger partial charge on any atom is 0.303 e. The zero-order chi connectivity index (χ0) is 19.0. The van der Waals surface area contributed by atoms with Gasteiger partial charge in [0.2, 0.25) is 5.91 Å². The largest absolute Gasteiger partial charge is 0.481 e. The molecule has 0 heterocycles. The summed E-state index contributed by atoms with van der Waals surface area (Å²) in [6.07, 6.45) is 17.8. The van der Waals surface area contributed by atoms with Crippen molar-refractivity contribution >= 4 is 11.9 Å². The number of nitrogens with one attached hydrogen (secondary N) is 1. The highest BCUT2D eigenvalue weighted by atomic mass is 16.4. The van der Waals surface area contributed by atoms with Crippen LogP contribution >= 0.6 is 0 Å². The van der Waals surface area contributed by atoms with Gasteiger partial charge in [-0.15, -0.1) is 0 Å². The van der Waals surface area contributed by atoms with E-state index in [9.17, 15) is 9.59 Å². The summed E-state index contributed by atoms with van der Waals surface area (Å²) in [5.74, 6) is 0.732. The molecule has 2 N–H and O–H groups in total. The average Bonchev–Trinajstić information content (AvgIpc) is 2.64. The zero-order valence-electron chi connectivity index (χ0n) is 16.9. The molecule has 0 spiro atoms. The molecular formula is C22H41NO3. The Morgan fingerprint density at radius 3 is 2.00 bits per heavy atom. The van der Waals surface area contributed by atoms with E-state index in [4.69, 9.17) is 5.11 Å². The van der Waals surface area contributed by atoms with Crippen molar-refractivity contribution in [1.82, 2.24) is 5.32 Å². The van der Waals surface area contributed by atoms with Crippen molar-refractivity contribution < 1.29 is 14.7 Å². The molecule has 0 unspecified atom stereocenters. The summed E-state index contributed by atoms with van der Waals surface area (Å²) in [6.45, 7) is 3.08. The zero-order valence-corrected chi connectivity index (χ0v) is 16.9. The molecule has 1 rings (SSSR count). The number of carboxylic acid groups (broad SMARTS) is 1. The SMILES string of the molecule is CCCCC1CCC(C(=O)NCCCCCCCCCCC(=O)O)CC1. The lowest BCUT2D eigenvalue weighted by molar-refractivity contribution is -0.137. The molecular weight excluding hydrogens is 326 g/mol. The number of amides is 1. The van der Waals surface area contributed by atoms with E-state index < -0.39 is 5.97 Å². The Balaban J connectivity index is 1.89. The fourth-order valence-corrected chi connectivity index (χ4v) is 4.02. The van der Waals surface area contributed by atoms with Crippen molar-refractivity contribution in [1.29, 1.82) is 0 Å². The summed E-state index contributed by atoms with van der Waals surface area (Å²) in [4.78, 5) is 22.7. The molecule has 1 aliphatic carbocycles. The Hall–Kier alpha value is -1.06. The maximum atomic E-state index is 12.2. The van der Waals surface area contributed by atoms with Crippen LogP contribution in [-0.2, 0) is 9.59 Å². The van der Waals surface area contributed by atoms with Crippen LogP contribution in [0.5, 0.6) is 0 Å². The second-order valence-electron chi connectivity index (χ2n) is 8.12. The first-order valence-corrected chi connectivity index (χ1v) is 11.1. The van der Waals surface area contributed by atoms with Crippen molar-refractivity contribution in [2.24, 2.45) is 11.8 Å². The van der Waals surface area contributed by atoms with E-state index >= 15 is 0 Å². The number of carboxylic acids is 1. The lowest BCUT2D eigenvalue weighted by Crippen LogP contribution is -2.33. The Labute approximate surface area is 160 Å². The van der Waals surface area contributed by atoms with Gasteiger partial charge in [0.15, 0.2) is 0 Å². The van der Waals surface area contributed by atoms with Crippen molar-refractivity contribution in [3.8, 4) is 0 Å². The highest BCUT2D eigenvalue weighted by Gasteiger charge is 2.25. The van der Waals surface area contributed by atoms with E-state index in [1.165, 1.54) is 57.8 Å². The van der Waals surface area contributed by atoms with Crippen LogP contribution in [0, 0.1) is 11.8 Å². The second kappa shape index (κ2) is 15.0. The molecule has 0 bridgehead atoms. The fraction of sp³-hybridized carbons (Fsp3) is 0.909. The lowest BCUT2D eigenvalue weighted by Gasteiger charge is -2.27. The topological polar surface area (TPSA) is 66.4 Å². The summed E-state index contributed by atoms with van der Waals surface area (Å²) < 4.78 is 0. The minimum absolute atomic E-state index is 0.263. The first kappa shape index (κ1) is 23.0. The van der Waals surface area contributed by atoms with Gasteiger partial charge in [0.1, 0.15) is 0 Å². The minimum atomic E-state index is -0.684. The van der Waals surface area contributed by atoms with Crippen LogP contribution in [0.4, 0.5) is 0 Å². The molecule has 0 aromatic carbocycles. The van der Waals surface area contributed by atoms with E-state index in [0.717, 1.165) is 51.0 Å². The molecule has 0 aliphatic heterocycles. The summed E-state index contributed by atoms with van der Waals surface area (Å²) >= 11 is 0. The molecule has 0 atom stereocenters. The summed E-state index contributed by atoms with van der Waals surface area (Å²) in [5.41, 5.74) is 0. The van der Waals surface area contributed by atoms with Crippen molar-refractivity contribution in [3.05, 3.63) is 0 Å². The van der Waals surface area contributed by atoms with Crippen LogP contribution in [0.15, 0.2) is 0 Å². The van der Waals surface area contributed by atoms with E-state index in [2.05, 4.69) is 12.2 Å². The molecule has 1 aliphatic rings. The van der Waals surface area contributed by atoms with Gasteiger partial charge >= 0.3 is 5.97 Å². The van der Waals surface area contributed by atoms with Crippen LogP contribution < -0.4 is 5.32 Å². The van der Waals surface area contributed by atoms with Gasteiger partial charge in [-0.3, -0.25) is 9.59 Å². The van der Waals surface area contributed by atoms with Crippen molar-refractivity contribution in [2.75, 3.05) is 6.54 Å². The third kappa shape index (κ3) is 11.5. The fourth-order valence-electron chi connectivity index (χ4n) is 4.02. The maximum absolute atomic E-state index is 12.2. The highest BCUT2D eigenvalue weighted by molar-refractivity contribution is 5.78. The molecule has 1 saturated carbocycles. The number of carbonyl (C=O) groups excluding carboxylic acids is 1.